The Morgan fingerprint density at radius 3 is 3.00 bits per heavy atom. The quantitative estimate of drug-likeness (QED) is 0.897. The maximum absolute atomic E-state index is 5.33. The first-order valence-electron chi connectivity index (χ1n) is 8.45. The minimum atomic E-state index is 0.487. The summed E-state index contributed by atoms with van der Waals surface area (Å²) in [5, 5.41) is 5.03. The van der Waals surface area contributed by atoms with Gasteiger partial charge in [0.1, 0.15) is 0 Å². The van der Waals surface area contributed by atoms with Crippen LogP contribution in [0.5, 0.6) is 0 Å². The number of nitrogens with one attached hydrogen (secondary N) is 2. The van der Waals surface area contributed by atoms with E-state index in [1.54, 1.807) is 0 Å². The molecule has 4 rings (SSSR count). The third kappa shape index (κ3) is 2.44. The summed E-state index contributed by atoms with van der Waals surface area (Å²) in [7, 11) is 0. The molecule has 0 aliphatic carbocycles. The van der Waals surface area contributed by atoms with Crippen LogP contribution in [0.2, 0.25) is 0 Å². The monoisotopic (exact) mass is 296 g/mol. The molecule has 22 heavy (non-hydrogen) atoms. The molecule has 0 radical (unpaired) electrons. The van der Waals surface area contributed by atoms with Crippen LogP contribution in [0.25, 0.3) is 10.9 Å². The highest BCUT2D eigenvalue weighted by Crippen LogP contribution is 2.33. The van der Waals surface area contributed by atoms with Crippen molar-refractivity contribution in [1.29, 1.82) is 0 Å². The third-order valence-electron chi connectivity index (χ3n) is 5.31. The SMILES string of the molecule is CC(c1c[nH]c2ccc(C3C=COCC3)cc12)C1CCCN1. The molecule has 3 heteroatoms. The Morgan fingerprint density at radius 2 is 2.23 bits per heavy atom. The number of allylic oxidation sites excluding steroid dienone is 1. The predicted molar refractivity (Wildman–Crippen MR) is 90.2 cm³/mol. The Bertz CT molecular complexity index is 682. The number of benzene rings is 1. The molecule has 0 bridgehead atoms. The van der Waals surface area contributed by atoms with Crippen LogP contribution in [0.3, 0.4) is 0 Å². The third-order valence-corrected chi connectivity index (χ3v) is 5.31. The molecule has 0 amide bonds. The van der Waals surface area contributed by atoms with Crippen molar-refractivity contribution < 1.29 is 4.74 Å². The zero-order valence-electron chi connectivity index (χ0n) is 13.1. The Labute approximate surface area is 131 Å². The van der Waals surface area contributed by atoms with Crippen molar-refractivity contribution in [3.05, 3.63) is 47.9 Å². The molecule has 3 unspecified atom stereocenters. The average Bonchev–Trinajstić information content (AvgIpc) is 3.24. The lowest BCUT2D eigenvalue weighted by Gasteiger charge is -2.20. The van der Waals surface area contributed by atoms with Crippen LogP contribution in [0.1, 0.15) is 49.1 Å². The summed E-state index contributed by atoms with van der Waals surface area (Å²) in [4.78, 5) is 3.45. The molecule has 0 spiro atoms. The van der Waals surface area contributed by atoms with Gasteiger partial charge in [-0.15, -0.1) is 0 Å². The molecule has 1 aromatic carbocycles. The summed E-state index contributed by atoms with van der Waals surface area (Å²) in [6.45, 7) is 4.34. The largest absolute Gasteiger partial charge is 0.501 e. The van der Waals surface area contributed by atoms with Gasteiger partial charge in [0, 0.05) is 29.1 Å². The van der Waals surface area contributed by atoms with Crippen LogP contribution in [0, 0.1) is 0 Å². The van der Waals surface area contributed by atoms with E-state index in [0.717, 1.165) is 19.6 Å². The first-order valence-corrected chi connectivity index (χ1v) is 8.45. The van der Waals surface area contributed by atoms with Crippen molar-refractivity contribution in [3.63, 3.8) is 0 Å². The van der Waals surface area contributed by atoms with E-state index in [1.165, 1.54) is 34.9 Å². The number of H-pyrrole nitrogens is 1. The van der Waals surface area contributed by atoms with Gasteiger partial charge in [-0.3, -0.25) is 0 Å². The fourth-order valence-electron chi connectivity index (χ4n) is 3.91. The number of ether oxygens (including phenoxy) is 1. The van der Waals surface area contributed by atoms with Crippen molar-refractivity contribution >= 4 is 10.9 Å². The zero-order valence-corrected chi connectivity index (χ0v) is 13.1. The number of aromatic amines is 1. The minimum absolute atomic E-state index is 0.487. The smallest absolute Gasteiger partial charge is 0.0882 e. The highest BCUT2D eigenvalue weighted by Gasteiger charge is 2.24. The molecular formula is C19H24N2O. The van der Waals surface area contributed by atoms with E-state index in [4.69, 9.17) is 4.74 Å². The van der Waals surface area contributed by atoms with E-state index in [0.29, 0.717) is 17.9 Å². The molecule has 3 heterocycles. The Balaban J connectivity index is 1.69. The van der Waals surface area contributed by atoms with Crippen molar-refractivity contribution in [1.82, 2.24) is 10.3 Å². The Kier molecular flexibility index (Phi) is 3.67. The summed E-state index contributed by atoms with van der Waals surface area (Å²) in [6.07, 6.45) is 9.90. The van der Waals surface area contributed by atoms with E-state index < -0.39 is 0 Å². The van der Waals surface area contributed by atoms with Crippen LogP contribution in [0.4, 0.5) is 0 Å². The number of hydrogen-bond acceptors (Lipinski definition) is 2. The molecular weight excluding hydrogens is 272 g/mol. The highest BCUT2D eigenvalue weighted by molar-refractivity contribution is 5.84. The number of hydrogen-bond donors (Lipinski definition) is 2. The summed E-state index contributed by atoms with van der Waals surface area (Å²) in [5.74, 6) is 1.04. The molecule has 2 aliphatic rings. The van der Waals surface area contributed by atoms with Gasteiger partial charge in [-0.1, -0.05) is 13.0 Å². The average molecular weight is 296 g/mol. The molecule has 0 saturated carbocycles. The maximum Gasteiger partial charge on any atom is 0.0882 e. The molecule has 2 aromatic rings. The van der Waals surface area contributed by atoms with Crippen LogP contribution in [-0.2, 0) is 4.74 Å². The lowest BCUT2D eigenvalue weighted by molar-refractivity contribution is 0.223. The van der Waals surface area contributed by atoms with E-state index in [-0.39, 0.29) is 0 Å². The van der Waals surface area contributed by atoms with Gasteiger partial charge in [0.05, 0.1) is 12.9 Å². The highest BCUT2D eigenvalue weighted by atomic mass is 16.5. The molecule has 2 N–H and O–H groups in total. The van der Waals surface area contributed by atoms with Crippen molar-refractivity contribution in [2.75, 3.05) is 13.2 Å². The molecule has 1 aromatic heterocycles. The van der Waals surface area contributed by atoms with Gasteiger partial charge < -0.3 is 15.0 Å². The topological polar surface area (TPSA) is 37.0 Å². The van der Waals surface area contributed by atoms with Gasteiger partial charge in [0.25, 0.3) is 0 Å². The lowest BCUT2D eigenvalue weighted by Crippen LogP contribution is -2.27. The molecule has 2 aliphatic heterocycles. The predicted octanol–water partition coefficient (Wildman–Crippen LogP) is 4.04. The number of fused-ring (bicyclic) bond motifs is 1. The van der Waals surface area contributed by atoms with Gasteiger partial charge in [0.15, 0.2) is 0 Å². The summed E-state index contributed by atoms with van der Waals surface area (Å²) >= 11 is 0. The molecule has 3 atom stereocenters. The van der Waals surface area contributed by atoms with Gasteiger partial charge in [0.2, 0.25) is 0 Å². The van der Waals surface area contributed by atoms with Crippen LogP contribution in [0.15, 0.2) is 36.7 Å². The fourth-order valence-corrected chi connectivity index (χ4v) is 3.91. The first kappa shape index (κ1) is 13.9. The molecule has 3 nitrogen and oxygen atoms in total. The second-order valence-electron chi connectivity index (χ2n) is 6.64. The van der Waals surface area contributed by atoms with Crippen LogP contribution >= 0.6 is 0 Å². The second kappa shape index (κ2) is 5.81. The Hall–Kier alpha value is -1.74. The van der Waals surface area contributed by atoms with Crippen LogP contribution in [-0.4, -0.2) is 24.2 Å². The molecule has 1 saturated heterocycles. The number of rotatable bonds is 3. The standard InChI is InChI=1S/C19H24N2O/c1-13(18-3-2-8-20-18)17-12-21-19-5-4-15(11-16(17)19)14-6-9-22-10-7-14/h4-6,9,11-14,18,20-21H,2-3,7-8,10H2,1H3. The Morgan fingerprint density at radius 1 is 1.27 bits per heavy atom. The van der Waals surface area contributed by atoms with Crippen molar-refractivity contribution in [3.8, 4) is 0 Å². The van der Waals surface area contributed by atoms with Crippen molar-refractivity contribution in [2.45, 2.75) is 44.1 Å². The normalized spacial score (nSPS) is 26.2. The van der Waals surface area contributed by atoms with Crippen LogP contribution < -0.4 is 5.32 Å². The van der Waals surface area contributed by atoms with Gasteiger partial charge in [-0.2, -0.15) is 0 Å². The van der Waals surface area contributed by atoms with E-state index in [2.05, 4.69) is 47.7 Å². The zero-order chi connectivity index (χ0) is 14.9. The minimum Gasteiger partial charge on any atom is -0.501 e. The van der Waals surface area contributed by atoms with Crippen molar-refractivity contribution in [2.24, 2.45) is 0 Å². The maximum atomic E-state index is 5.33. The summed E-state index contributed by atoms with van der Waals surface area (Å²) in [5.41, 5.74) is 4.10. The van der Waals surface area contributed by atoms with Gasteiger partial charge in [-0.25, -0.2) is 0 Å². The number of aromatic nitrogens is 1. The lowest BCUT2D eigenvalue weighted by atomic mass is 9.89. The fraction of sp³-hybridized carbons (Fsp3) is 0.474. The first-order chi connectivity index (χ1) is 10.8. The van der Waals surface area contributed by atoms with Gasteiger partial charge >= 0.3 is 0 Å². The van der Waals surface area contributed by atoms with Gasteiger partial charge in [-0.05, 0) is 61.1 Å². The van der Waals surface area contributed by atoms with E-state index in [9.17, 15) is 0 Å². The summed E-state index contributed by atoms with van der Waals surface area (Å²) in [6, 6.07) is 7.48. The molecule has 1 fully saturated rings. The molecule has 116 valence electrons. The summed E-state index contributed by atoms with van der Waals surface area (Å²) < 4.78 is 5.33. The van der Waals surface area contributed by atoms with E-state index in [1.807, 2.05) is 6.26 Å². The van der Waals surface area contributed by atoms with E-state index >= 15 is 0 Å². The second-order valence-corrected chi connectivity index (χ2v) is 6.64.